The standard InChI is InChI=1S/C13H18N2O4/c1-9-6-10(18-12(16)14(2)3)8-11(7-9)19-13(17)15(4)5/h6-8H,1-5H3. The molecule has 1 rings (SSSR count). The molecule has 104 valence electrons. The number of carbonyl (C=O) groups is 2. The van der Waals surface area contributed by atoms with Crippen LogP contribution in [0.3, 0.4) is 0 Å². The summed E-state index contributed by atoms with van der Waals surface area (Å²) in [6, 6.07) is 4.87. The molecular formula is C13H18N2O4. The highest BCUT2D eigenvalue weighted by atomic mass is 16.6. The molecule has 2 amide bonds. The highest BCUT2D eigenvalue weighted by Crippen LogP contribution is 2.23. The van der Waals surface area contributed by atoms with Gasteiger partial charge in [-0.15, -0.1) is 0 Å². The second-order valence-corrected chi connectivity index (χ2v) is 4.51. The van der Waals surface area contributed by atoms with Gasteiger partial charge in [0.15, 0.2) is 0 Å². The molecule has 6 nitrogen and oxygen atoms in total. The zero-order valence-electron chi connectivity index (χ0n) is 11.8. The molecule has 19 heavy (non-hydrogen) atoms. The Morgan fingerprint density at radius 2 is 1.21 bits per heavy atom. The van der Waals surface area contributed by atoms with Gasteiger partial charge in [0.1, 0.15) is 11.5 Å². The summed E-state index contributed by atoms with van der Waals surface area (Å²) in [5.41, 5.74) is 0.825. The zero-order valence-corrected chi connectivity index (χ0v) is 11.8. The Morgan fingerprint density at radius 3 is 1.53 bits per heavy atom. The first-order valence-corrected chi connectivity index (χ1v) is 5.69. The Bertz CT molecular complexity index is 443. The summed E-state index contributed by atoms with van der Waals surface area (Å²) < 4.78 is 10.2. The van der Waals surface area contributed by atoms with Gasteiger partial charge in [-0.05, 0) is 24.6 Å². The molecule has 0 bridgehead atoms. The molecule has 0 heterocycles. The number of carbonyl (C=O) groups excluding carboxylic acids is 2. The van der Waals surface area contributed by atoms with E-state index in [9.17, 15) is 9.59 Å². The van der Waals surface area contributed by atoms with Gasteiger partial charge in [-0.25, -0.2) is 9.59 Å². The fraction of sp³-hybridized carbons (Fsp3) is 0.385. The van der Waals surface area contributed by atoms with Gasteiger partial charge in [-0.1, -0.05) is 0 Å². The van der Waals surface area contributed by atoms with Gasteiger partial charge in [0, 0.05) is 34.3 Å². The lowest BCUT2D eigenvalue weighted by molar-refractivity contribution is 0.170. The largest absolute Gasteiger partial charge is 0.414 e. The highest BCUT2D eigenvalue weighted by molar-refractivity contribution is 5.72. The average molecular weight is 266 g/mol. The molecule has 6 heteroatoms. The Hall–Kier alpha value is -2.24. The van der Waals surface area contributed by atoms with Crippen LogP contribution in [0.15, 0.2) is 18.2 Å². The first kappa shape index (κ1) is 14.8. The van der Waals surface area contributed by atoms with Crippen LogP contribution in [0.5, 0.6) is 11.5 Å². The fourth-order valence-corrected chi connectivity index (χ4v) is 1.22. The number of amides is 2. The van der Waals surface area contributed by atoms with E-state index in [-0.39, 0.29) is 0 Å². The van der Waals surface area contributed by atoms with E-state index < -0.39 is 12.2 Å². The van der Waals surface area contributed by atoms with Crippen molar-refractivity contribution in [3.05, 3.63) is 23.8 Å². The molecular weight excluding hydrogens is 248 g/mol. The molecule has 0 spiro atoms. The third-order valence-corrected chi connectivity index (χ3v) is 2.16. The minimum Gasteiger partial charge on any atom is -0.410 e. The first-order chi connectivity index (χ1) is 8.79. The average Bonchev–Trinajstić information content (AvgIpc) is 2.27. The summed E-state index contributed by atoms with van der Waals surface area (Å²) in [5.74, 6) is 0.667. The van der Waals surface area contributed by atoms with Crippen molar-refractivity contribution in [3.8, 4) is 11.5 Å². The lowest BCUT2D eigenvalue weighted by atomic mass is 10.2. The van der Waals surface area contributed by atoms with Crippen molar-refractivity contribution in [2.24, 2.45) is 0 Å². The van der Waals surface area contributed by atoms with E-state index in [1.807, 2.05) is 6.92 Å². The number of ether oxygens (including phenoxy) is 2. The molecule has 0 aliphatic rings. The summed E-state index contributed by atoms with van der Waals surface area (Å²) in [6.45, 7) is 1.82. The van der Waals surface area contributed by atoms with E-state index >= 15 is 0 Å². The Labute approximate surface area is 112 Å². The molecule has 0 atom stereocenters. The molecule has 0 aliphatic heterocycles. The third-order valence-electron chi connectivity index (χ3n) is 2.16. The summed E-state index contributed by atoms with van der Waals surface area (Å²) >= 11 is 0. The van der Waals surface area contributed by atoms with Crippen LogP contribution in [-0.4, -0.2) is 50.2 Å². The smallest absolute Gasteiger partial charge is 0.410 e. The van der Waals surface area contributed by atoms with Crippen LogP contribution >= 0.6 is 0 Å². The quantitative estimate of drug-likeness (QED) is 0.822. The summed E-state index contributed by atoms with van der Waals surface area (Å²) in [7, 11) is 6.35. The maximum Gasteiger partial charge on any atom is 0.414 e. The van der Waals surface area contributed by atoms with Crippen LogP contribution in [0.1, 0.15) is 5.56 Å². The number of rotatable bonds is 2. The molecule has 0 unspecified atom stereocenters. The lowest BCUT2D eigenvalue weighted by Crippen LogP contribution is -2.26. The van der Waals surface area contributed by atoms with Gasteiger partial charge in [0.05, 0.1) is 0 Å². The van der Waals surface area contributed by atoms with Gasteiger partial charge in [0.2, 0.25) is 0 Å². The van der Waals surface area contributed by atoms with E-state index in [0.717, 1.165) is 5.56 Å². The third kappa shape index (κ3) is 4.50. The van der Waals surface area contributed by atoms with Gasteiger partial charge < -0.3 is 19.3 Å². The van der Waals surface area contributed by atoms with Crippen molar-refractivity contribution >= 4 is 12.2 Å². The van der Waals surface area contributed by atoms with Crippen molar-refractivity contribution in [3.63, 3.8) is 0 Å². The Kier molecular flexibility index (Phi) is 4.74. The minimum absolute atomic E-state index is 0.334. The molecule has 0 fully saturated rings. The van der Waals surface area contributed by atoms with Gasteiger partial charge in [-0.3, -0.25) is 0 Å². The SMILES string of the molecule is Cc1cc(OC(=O)N(C)C)cc(OC(=O)N(C)C)c1. The van der Waals surface area contributed by atoms with Crippen molar-refractivity contribution in [1.29, 1.82) is 0 Å². The van der Waals surface area contributed by atoms with E-state index in [1.54, 1.807) is 40.3 Å². The monoisotopic (exact) mass is 266 g/mol. The normalized spacial score (nSPS) is 9.74. The molecule has 0 saturated heterocycles. The summed E-state index contributed by atoms with van der Waals surface area (Å²) in [6.07, 6.45) is -0.981. The molecule has 0 N–H and O–H groups in total. The number of nitrogens with zero attached hydrogens (tertiary/aromatic N) is 2. The Morgan fingerprint density at radius 1 is 0.842 bits per heavy atom. The van der Waals surface area contributed by atoms with Crippen molar-refractivity contribution in [2.45, 2.75) is 6.92 Å². The van der Waals surface area contributed by atoms with E-state index in [4.69, 9.17) is 9.47 Å². The van der Waals surface area contributed by atoms with Gasteiger partial charge in [-0.2, -0.15) is 0 Å². The predicted octanol–water partition coefficient (Wildman–Crippen LogP) is 2.12. The van der Waals surface area contributed by atoms with Crippen molar-refractivity contribution in [1.82, 2.24) is 9.80 Å². The Balaban J connectivity index is 2.88. The molecule has 0 saturated carbocycles. The van der Waals surface area contributed by atoms with Gasteiger partial charge in [0.25, 0.3) is 0 Å². The van der Waals surface area contributed by atoms with Crippen LogP contribution in [0, 0.1) is 6.92 Å². The molecule has 0 aliphatic carbocycles. The maximum absolute atomic E-state index is 11.5. The minimum atomic E-state index is -0.490. The molecule has 1 aromatic carbocycles. The van der Waals surface area contributed by atoms with Crippen molar-refractivity contribution in [2.75, 3.05) is 28.2 Å². The van der Waals surface area contributed by atoms with Gasteiger partial charge >= 0.3 is 12.2 Å². The van der Waals surface area contributed by atoms with Crippen LogP contribution < -0.4 is 9.47 Å². The summed E-state index contributed by atoms with van der Waals surface area (Å²) in [5, 5.41) is 0. The van der Waals surface area contributed by atoms with Crippen LogP contribution in [0.2, 0.25) is 0 Å². The summed E-state index contributed by atoms with van der Waals surface area (Å²) in [4.78, 5) is 25.5. The van der Waals surface area contributed by atoms with Crippen LogP contribution in [-0.2, 0) is 0 Å². The number of aryl methyl sites for hydroxylation is 1. The highest BCUT2D eigenvalue weighted by Gasteiger charge is 2.11. The maximum atomic E-state index is 11.5. The molecule has 1 aromatic rings. The van der Waals surface area contributed by atoms with Crippen LogP contribution in [0.4, 0.5) is 9.59 Å². The first-order valence-electron chi connectivity index (χ1n) is 5.69. The van der Waals surface area contributed by atoms with E-state index in [2.05, 4.69) is 0 Å². The number of hydrogen-bond acceptors (Lipinski definition) is 4. The topological polar surface area (TPSA) is 59.1 Å². The second kappa shape index (κ2) is 6.08. The van der Waals surface area contributed by atoms with E-state index in [0.29, 0.717) is 11.5 Å². The molecule has 0 aromatic heterocycles. The predicted molar refractivity (Wildman–Crippen MR) is 70.6 cm³/mol. The number of benzene rings is 1. The molecule has 0 radical (unpaired) electrons. The number of hydrogen-bond donors (Lipinski definition) is 0. The second-order valence-electron chi connectivity index (χ2n) is 4.51. The van der Waals surface area contributed by atoms with Crippen LogP contribution in [0.25, 0.3) is 0 Å². The fourth-order valence-electron chi connectivity index (χ4n) is 1.22. The lowest BCUT2D eigenvalue weighted by Gasteiger charge is -2.14. The van der Waals surface area contributed by atoms with Crippen molar-refractivity contribution < 1.29 is 19.1 Å². The van der Waals surface area contributed by atoms with E-state index in [1.165, 1.54) is 15.9 Å². The zero-order chi connectivity index (χ0) is 14.6.